The van der Waals surface area contributed by atoms with Crippen LogP contribution in [0.25, 0.3) is 0 Å². The van der Waals surface area contributed by atoms with Crippen LogP contribution < -0.4 is 4.74 Å². The van der Waals surface area contributed by atoms with Gasteiger partial charge >= 0.3 is 5.97 Å². The maximum atomic E-state index is 11.0. The molecule has 0 aliphatic carbocycles. The summed E-state index contributed by atoms with van der Waals surface area (Å²) >= 11 is 5.86. The number of carbonyl (C=O) groups is 1. The highest BCUT2D eigenvalue weighted by Crippen LogP contribution is 2.28. The molecule has 0 bridgehead atoms. The molecule has 0 heterocycles. The molecule has 0 aliphatic rings. The minimum Gasteiger partial charge on any atom is -0.488 e. The van der Waals surface area contributed by atoms with Crippen molar-refractivity contribution in [2.24, 2.45) is 0 Å². The Morgan fingerprint density at radius 2 is 2.17 bits per heavy atom. The Balaban J connectivity index is 2.69. The molecule has 0 aromatic heterocycles. The van der Waals surface area contributed by atoms with Crippen molar-refractivity contribution in [1.29, 1.82) is 0 Å². The van der Waals surface area contributed by atoms with Crippen LogP contribution >= 0.6 is 11.6 Å². The Labute approximate surface area is 110 Å². The van der Waals surface area contributed by atoms with Gasteiger partial charge < -0.3 is 19.7 Å². The molecule has 0 aliphatic heterocycles. The number of carboxylic acids is 1. The summed E-state index contributed by atoms with van der Waals surface area (Å²) in [5.41, 5.74) is -0.0360. The zero-order valence-corrected chi connectivity index (χ0v) is 10.7. The fourth-order valence-electron chi connectivity index (χ4n) is 1.31. The lowest BCUT2D eigenvalue weighted by Gasteiger charge is -2.14. The molecule has 0 saturated carbocycles. The van der Waals surface area contributed by atoms with Gasteiger partial charge in [-0.1, -0.05) is 17.7 Å². The fraction of sp³-hybridized carbons (Fsp3) is 0.417. The average molecular weight is 275 g/mol. The summed E-state index contributed by atoms with van der Waals surface area (Å²) in [5.74, 6) is -1.07. The van der Waals surface area contributed by atoms with Crippen molar-refractivity contribution in [2.75, 3.05) is 19.8 Å². The van der Waals surface area contributed by atoms with Crippen LogP contribution in [0.3, 0.4) is 0 Å². The standard InChI is InChI=1S/C12H15ClO5/c1-2-17-6-8(14)7-18-11-9(12(15)16)4-3-5-10(11)13/h3-5,8,14H,2,6-7H2,1H3,(H,15,16). The molecule has 1 rings (SSSR count). The molecule has 1 aromatic carbocycles. The Kier molecular flexibility index (Phi) is 5.91. The molecule has 2 N–H and O–H groups in total. The van der Waals surface area contributed by atoms with Crippen LogP contribution in [0.4, 0.5) is 0 Å². The monoisotopic (exact) mass is 274 g/mol. The first-order chi connectivity index (χ1) is 8.56. The Morgan fingerprint density at radius 3 is 2.78 bits per heavy atom. The number of aliphatic hydroxyl groups is 1. The molecule has 0 saturated heterocycles. The zero-order chi connectivity index (χ0) is 13.5. The Morgan fingerprint density at radius 1 is 1.44 bits per heavy atom. The maximum Gasteiger partial charge on any atom is 0.339 e. The van der Waals surface area contributed by atoms with Crippen LogP contribution in [0, 0.1) is 0 Å². The summed E-state index contributed by atoms with van der Waals surface area (Å²) < 4.78 is 10.3. The van der Waals surface area contributed by atoms with Gasteiger partial charge in [0.05, 0.1) is 11.6 Å². The first kappa shape index (κ1) is 14.8. The highest BCUT2D eigenvalue weighted by atomic mass is 35.5. The third-order valence-corrected chi connectivity index (χ3v) is 2.43. The van der Waals surface area contributed by atoms with Gasteiger partial charge in [-0.05, 0) is 19.1 Å². The summed E-state index contributed by atoms with van der Waals surface area (Å²) in [7, 11) is 0. The fourth-order valence-corrected chi connectivity index (χ4v) is 1.53. The van der Waals surface area contributed by atoms with E-state index in [1.165, 1.54) is 18.2 Å². The molecule has 1 aromatic rings. The number of benzene rings is 1. The highest BCUT2D eigenvalue weighted by molar-refractivity contribution is 6.32. The molecule has 18 heavy (non-hydrogen) atoms. The van der Waals surface area contributed by atoms with E-state index in [0.29, 0.717) is 6.61 Å². The lowest BCUT2D eigenvalue weighted by atomic mass is 10.2. The predicted octanol–water partition coefficient (Wildman–Crippen LogP) is 1.81. The lowest BCUT2D eigenvalue weighted by Crippen LogP contribution is -2.24. The highest BCUT2D eigenvalue weighted by Gasteiger charge is 2.16. The first-order valence-corrected chi connectivity index (χ1v) is 5.84. The topological polar surface area (TPSA) is 76.0 Å². The van der Waals surface area contributed by atoms with Gasteiger partial charge in [0.25, 0.3) is 0 Å². The van der Waals surface area contributed by atoms with Gasteiger partial charge in [-0.2, -0.15) is 0 Å². The molecule has 1 atom stereocenters. The number of hydrogen-bond acceptors (Lipinski definition) is 4. The van der Waals surface area contributed by atoms with Gasteiger partial charge in [0.15, 0.2) is 5.75 Å². The van der Waals surface area contributed by atoms with E-state index < -0.39 is 12.1 Å². The second-order valence-corrected chi connectivity index (χ2v) is 3.95. The molecule has 0 fully saturated rings. The molecule has 0 radical (unpaired) electrons. The van der Waals surface area contributed by atoms with Crippen LogP contribution in [-0.4, -0.2) is 42.1 Å². The summed E-state index contributed by atoms with van der Waals surface area (Å²) in [5, 5.41) is 18.7. The van der Waals surface area contributed by atoms with E-state index in [1.54, 1.807) is 0 Å². The largest absolute Gasteiger partial charge is 0.488 e. The molecular weight excluding hydrogens is 260 g/mol. The summed E-state index contributed by atoms with van der Waals surface area (Å²) in [6.07, 6.45) is -0.831. The van der Waals surface area contributed by atoms with Crippen molar-refractivity contribution in [3.63, 3.8) is 0 Å². The van der Waals surface area contributed by atoms with E-state index in [0.717, 1.165) is 0 Å². The second-order valence-electron chi connectivity index (χ2n) is 3.55. The molecule has 6 heteroatoms. The molecular formula is C12H15ClO5. The second kappa shape index (κ2) is 7.20. The van der Waals surface area contributed by atoms with E-state index in [4.69, 9.17) is 26.2 Å². The van der Waals surface area contributed by atoms with Crippen LogP contribution in [0.1, 0.15) is 17.3 Å². The SMILES string of the molecule is CCOCC(O)COc1c(Cl)cccc1C(=O)O. The smallest absolute Gasteiger partial charge is 0.339 e. The van der Waals surface area contributed by atoms with Gasteiger partial charge in [0, 0.05) is 6.61 Å². The number of aromatic carboxylic acids is 1. The predicted molar refractivity (Wildman–Crippen MR) is 66.4 cm³/mol. The molecule has 0 spiro atoms. The number of hydrogen-bond donors (Lipinski definition) is 2. The number of ether oxygens (including phenoxy) is 2. The molecule has 1 unspecified atom stereocenters. The van der Waals surface area contributed by atoms with E-state index >= 15 is 0 Å². The van der Waals surface area contributed by atoms with Crippen molar-refractivity contribution >= 4 is 17.6 Å². The zero-order valence-electron chi connectivity index (χ0n) is 9.93. The number of aliphatic hydroxyl groups excluding tert-OH is 1. The van der Waals surface area contributed by atoms with Crippen molar-refractivity contribution in [2.45, 2.75) is 13.0 Å². The summed E-state index contributed by atoms with van der Waals surface area (Å²) in [6, 6.07) is 4.44. The Hall–Kier alpha value is -1.30. The molecule has 100 valence electrons. The molecule has 0 amide bonds. The first-order valence-electron chi connectivity index (χ1n) is 5.46. The van der Waals surface area contributed by atoms with E-state index in [2.05, 4.69) is 0 Å². The van der Waals surface area contributed by atoms with Gasteiger partial charge in [-0.3, -0.25) is 0 Å². The number of halogens is 1. The van der Waals surface area contributed by atoms with E-state index in [9.17, 15) is 9.90 Å². The third kappa shape index (κ3) is 4.18. The van der Waals surface area contributed by atoms with Crippen molar-refractivity contribution in [3.05, 3.63) is 28.8 Å². The van der Waals surface area contributed by atoms with Crippen LogP contribution in [0.15, 0.2) is 18.2 Å². The maximum absolute atomic E-state index is 11.0. The normalized spacial score (nSPS) is 12.2. The van der Waals surface area contributed by atoms with E-state index in [-0.39, 0.29) is 29.5 Å². The minimum atomic E-state index is -1.13. The van der Waals surface area contributed by atoms with Crippen molar-refractivity contribution in [1.82, 2.24) is 0 Å². The van der Waals surface area contributed by atoms with Gasteiger partial charge in [0.2, 0.25) is 0 Å². The van der Waals surface area contributed by atoms with Crippen molar-refractivity contribution < 1.29 is 24.5 Å². The van der Waals surface area contributed by atoms with Crippen LogP contribution in [0.2, 0.25) is 5.02 Å². The van der Waals surface area contributed by atoms with Gasteiger partial charge in [0.1, 0.15) is 18.3 Å². The quantitative estimate of drug-likeness (QED) is 0.793. The Bertz CT molecular complexity index is 407. The molecule has 5 nitrogen and oxygen atoms in total. The lowest BCUT2D eigenvalue weighted by molar-refractivity contribution is 0.0161. The summed E-state index contributed by atoms with van der Waals surface area (Å²) in [6.45, 7) is 2.35. The van der Waals surface area contributed by atoms with Crippen molar-refractivity contribution in [3.8, 4) is 5.75 Å². The summed E-state index contributed by atoms with van der Waals surface area (Å²) in [4.78, 5) is 11.0. The van der Waals surface area contributed by atoms with Gasteiger partial charge in [-0.15, -0.1) is 0 Å². The minimum absolute atomic E-state index is 0.0360. The third-order valence-electron chi connectivity index (χ3n) is 2.13. The van der Waals surface area contributed by atoms with Crippen LogP contribution in [-0.2, 0) is 4.74 Å². The number of rotatable bonds is 7. The van der Waals surface area contributed by atoms with E-state index in [1.807, 2.05) is 6.92 Å². The van der Waals surface area contributed by atoms with Gasteiger partial charge in [-0.25, -0.2) is 4.79 Å². The number of para-hydroxylation sites is 1. The average Bonchev–Trinajstić information content (AvgIpc) is 2.34. The number of carboxylic acid groups (broad SMARTS) is 1. The van der Waals surface area contributed by atoms with Crippen LogP contribution in [0.5, 0.6) is 5.75 Å².